The van der Waals surface area contributed by atoms with E-state index in [1.54, 1.807) is 45.0 Å². The van der Waals surface area contributed by atoms with Crippen LogP contribution in [0.15, 0.2) is 33.9 Å². The van der Waals surface area contributed by atoms with Gasteiger partial charge in [-0.3, -0.25) is 19.5 Å². The fourth-order valence-electron chi connectivity index (χ4n) is 1.74. The van der Waals surface area contributed by atoms with Gasteiger partial charge in [0.05, 0.1) is 10.8 Å². The van der Waals surface area contributed by atoms with E-state index in [4.69, 9.17) is 0 Å². The van der Waals surface area contributed by atoms with Gasteiger partial charge in [0.1, 0.15) is 6.54 Å². The van der Waals surface area contributed by atoms with Gasteiger partial charge in [0.15, 0.2) is 5.78 Å². The quantitative estimate of drug-likeness (QED) is 0.884. The maximum Gasteiger partial charge on any atom is 0.273 e. The molecule has 0 radical (unpaired) electrons. The first-order chi connectivity index (χ1) is 8.80. The van der Waals surface area contributed by atoms with Crippen molar-refractivity contribution in [1.29, 1.82) is 0 Å². The van der Waals surface area contributed by atoms with Gasteiger partial charge in [-0.05, 0) is 12.1 Å². The molecule has 1 aromatic carbocycles. The first-order valence-corrected chi connectivity index (χ1v) is 6.06. The molecule has 0 spiro atoms. The van der Waals surface area contributed by atoms with E-state index in [0.29, 0.717) is 10.8 Å². The summed E-state index contributed by atoms with van der Waals surface area (Å²) in [6.07, 6.45) is 0. The van der Waals surface area contributed by atoms with Gasteiger partial charge in [-0.2, -0.15) is 0 Å². The second kappa shape index (κ2) is 4.50. The van der Waals surface area contributed by atoms with Crippen molar-refractivity contribution < 1.29 is 4.79 Å². The number of aromatic amines is 1. The van der Waals surface area contributed by atoms with Gasteiger partial charge in [0.2, 0.25) is 0 Å². The van der Waals surface area contributed by atoms with E-state index in [0.717, 1.165) is 4.68 Å². The Morgan fingerprint density at radius 3 is 2.32 bits per heavy atom. The molecule has 0 aliphatic heterocycles. The van der Waals surface area contributed by atoms with Crippen LogP contribution in [-0.2, 0) is 11.3 Å². The highest BCUT2D eigenvalue weighted by Crippen LogP contribution is 2.15. The van der Waals surface area contributed by atoms with Gasteiger partial charge in [0.25, 0.3) is 11.1 Å². The Hall–Kier alpha value is -2.17. The number of fused-ring (bicyclic) bond motifs is 1. The zero-order valence-corrected chi connectivity index (χ0v) is 11.2. The Balaban J connectivity index is 2.58. The van der Waals surface area contributed by atoms with Crippen LogP contribution < -0.4 is 11.1 Å². The van der Waals surface area contributed by atoms with Crippen LogP contribution in [0.5, 0.6) is 0 Å². The van der Waals surface area contributed by atoms with E-state index in [9.17, 15) is 14.4 Å². The first kappa shape index (κ1) is 13.3. The molecule has 2 rings (SSSR count). The van der Waals surface area contributed by atoms with Crippen molar-refractivity contribution in [2.24, 2.45) is 5.41 Å². The van der Waals surface area contributed by atoms with Crippen LogP contribution in [0.2, 0.25) is 0 Å². The summed E-state index contributed by atoms with van der Waals surface area (Å²) in [5.74, 6) is -0.111. The van der Waals surface area contributed by atoms with Crippen LogP contribution in [-0.4, -0.2) is 15.6 Å². The number of benzene rings is 1. The van der Waals surface area contributed by atoms with Crippen molar-refractivity contribution >= 4 is 16.6 Å². The van der Waals surface area contributed by atoms with E-state index in [-0.39, 0.29) is 23.4 Å². The standard InChI is InChI=1S/C14H16N2O3/c1-14(2,3)11(17)8-16-13(19)10-7-5-4-6-9(10)12(18)15-16/h4-7H,8H2,1-3H3,(H,15,18). The smallest absolute Gasteiger partial charge is 0.273 e. The van der Waals surface area contributed by atoms with Crippen LogP contribution >= 0.6 is 0 Å². The number of Topliss-reactive ketones (excluding diaryl/α,β-unsaturated/α-hetero) is 1. The number of hydrogen-bond donors (Lipinski definition) is 1. The fourth-order valence-corrected chi connectivity index (χ4v) is 1.74. The van der Waals surface area contributed by atoms with Crippen molar-refractivity contribution in [2.45, 2.75) is 27.3 Å². The molecule has 5 nitrogen and oxygen atoms in total. The molecule has 0 saturated carbocycles. The average molecular weight is 260 g/mol. The average Bonchev–Trinajstić information content (AvgIpc) is 2.34. The summed E-state index contributed by atoms with van der Waals surface area (Å²) >= 11 is 0. The normalized spacial score (nSPS) is 11.7. The molecule has 0 aliphatic carbocycles. The van der Waals surface area contributed by atoms with Gasteiger partial charge in [-0.15, -0.1) is 0 Å². The number of carbonyl (C=O) groups excluding carboxylic acids is 1. The van der Waals surface area contributed by atoms with Gasteiger partial charge in [-0.1, -0.05) is 32.9 Å². The van der Waals surface area contributed by atoms with E-state index < -0.39 is 5.41 Å². The second-order valence-electron chi connectivity index (χ2n) is 5.55. The van der Waals surface area contributed by atoms with Gasteiger partial charge >= 0.3 is 0 Å². The molecule has 0 fully saturated rings. The van der Waals surface area contributed by atoms with Crippen LogP contribution in [0.1, 0.15) is 20.8 Å². The topological polar surface area (TPSA) is 71.9 Å². The van der Waals surface area contributed by atoms with Crippen molar-refractivity contribution in [3.8, 4) is 0 Å². The Morgan fingerprint density at radius 2 is 1.74 bits per heavy atom. The van der Waals surface area contributed by atoms with Crippen molar-refractivity contribution in [1.82, 2.24) is 9.78 Å². The molecule has 0 saturated heterocycles. The lowest BCUT2D eigenvalue weighted by molar-refractivity contribution is -0.127. The predicted molar refractivity (Wildman–Crippen MR) is 73.3 cm³/mol. The monoisotopic (exact) mass is 260 g/mol. The van der Waals surface area contributed by atoms with Crippen molar-refractivity contribution in [3.63, 3.8) is 0 Å². The van der Waals surface area contributed by atoms with E-state index in [2.05, 4.69) is 5.10 Å². The summed E-state index contributed by atoms with van der Waals surface area (Å²) in [7, 11) is 0. The summed E-state index contributed by atoms with van der Waals surface area (Å²) in [5.41, 5.74) is -1.27. The summed E-state index contributed by atoms with van der Waals surface area (Å²) in [4.78, 5) is 36.0. The van der Waals surface area contributed by atoms with Crippen LogP contribution in [0, 0.1) is 5.41 Å². The minimum atomic E-state index is -0.554. The summed E-state index contributed by atoms with van der Waals surface area (Å²) in [6, 6.07) is 6.57. The highest BCUT2D eigenvalue weighted by atomic mass is 16.2. The van der Waals surface area contributed by atoms with Crippen LogP contribution in [0.4, 0.5) is 0 Å². The number of H-pyrrole nitrogens is 1. The maximum absolute atomic E-state index is 12.2. The SMILES string of the molecule is CC(C)(C)C(=O)Cn1[nH]c(=O)c2ccccc2c1=O. The van der Waals surface area contributed by atoms with E-state index in [1.807, 2.05) is 0 Å². The Kier molecular flexibility index (Phi) is 3.14. The number of nitrogens with zero attached hydrogens (tertiary/aromatic N) is 1. The highest BCUT2D eigenvalue weighted by Gasteiger charge is 2.22. The summed E-state index contributed by atoms with van der Waals surface area (Å²) in [6.45, 7) is 5.21. The third kappa shape index (κ3) is 2.50. The van der Waals surface area contributed by atoms with E-state index >= 15 is 0 Å². The first-order valence-electron chi connectivity index (χ1n) is 6.06. The second-order valence-corrected chi connectivity index (χ2v) is 5.55. The van der Waals surface area contributed by atoms with Crippen LogP contribution in [0.3, 0.4) is 0 Å². The number of ketones is 1. The maximum atomic E-state index is 12.2. The molecule has 0 unspecified atom stereocenters. The molecule has 1 heterocycles. The molecular formula is C14H16N2O3. The minimum Gasteiger partial charge on any atom is -0.297 e. The third-order valence-corrected chi connectivity index (χ3v) is 3.02. The highest BCUT2D eigenvalue weighted by molar-refractivity contribution is 5.84. The molecular weight excluding hydrogens is 244 g/mol. The molecule has 5 heteroatoms. The van der Waals surface area contributed by atoms with E-state index in [1.165, 1.54) is 0 Å². The number of carbonyl (C=O) groups is 1. The zero-order chi connectivity index (χ0) is 14.2. The van der Waals surface area contributed by atoms with Gasteiger partial charge in [0, 0.05) is 5.41 Å². The van der Waals surface area contributed by atoms with Gasteiger partial charge in [-0.25, -0.2) is 4.68 Å². The molecule has 2 aromatic rings. The molecule has 0 atom stereocenters. The third-order valence-electron chi connectivity index (χ3n) is 3.02. The molecule has 0 bridgehead atoms. The Morgan fingerprint density at radius 1 is 1.16 bits per heavy atom. The fraction of sp³-hybridized carbons (Fsp3) is 0.357. The van der Waals surface area contributed by atoms with Crippen LogP contribution in [0.25, 0.3) is 10.8 Å². The number of rotatable bonds is 2. The zero-order valence-electron chi connectivity index (χ0n) is 11.2. The number of aromatic nitrogens is 2. The number of nitrogens with one attached hydrogen (secondary N) is 1. The molecule has 19 heavy (non-hydrogen) atoms. The summed E-state index contributed by atoms with van der Waals surface area (Å²) < 4.78 is 1.08. The molecule has 1 N–H and O–H groups in total. The molecule has 100 valence electrons. The predicted octanol–water partition coefficient (Wildman–Crippen LogP) is 1.30. The lowest BCUT2D eigenvalue weighted by Crippen LogP contribution is -2.35. The Bertz CT molecular complexity index is 748. The largest absolute Gasteiger partial charge is 0.297 e. The molecule has 0 aliphatic rings. The molecule has 0 amide bonds. The van der Waals surface area contributed by atoms with Crippen molar-refractivity contribution in [3.05, 3.63) is 45.0 Å². The number of hydrogen-bond acceptors (Lipinski definition) is 3. The van der Waals surface area contributed by atoms with Gasteiger partial charge < -0.3 is 0 Å². The molecule has 1 aromatic heterocycles. The van der Waals surface area contributed by atoms with Crippen molar-refractivity contribution in [2.75, 3.05) is 0 Å². The minimum absolute atomic E-state index is 0.111. The summed E-state index contributed by atoms with van der Waals surface area (Å²) in [5, 5.41) is 3.12. The Labute approximate surface area is 109 Å². The lowest BCUT2D eigenvalue weighted by atomic mass is 9.91. The lowest BCUT2D eigenvalue weighted by Gasteiger charge is -2.17.